The molecular weight excluding hydrogens is 324 g/mol. The lowest BCUT2D eigenvalue weighted by Gasteiger charge is -2.08. The molecule has 0 unspecified atom stereocenters. The molecule has 0 spiro atoms. The molecular formula is C14H9BrN2OS. The van der Waals surface area contributed by atoms with E-state index in [9.17, 15) is 4.79 Å². The predicted molar refractivity (Wildman–Crippen MR) is 82.4 cm³/mol. The molecule has 19 heavy (non-hydrogen) atoms. The Bertz CT molecular complexity index is 868. The van der Waals surface area contributed by atoms with Crippen LogP contribution in [0.25, 0.3) is 16.6 Å². The lowest BCUT2D eigenvalue weighted by atomic mass is 10.2. The second-order valence-corrected chi connectivity index (χ2v) is 5.40. The largest absolute Gasteiger partial charge is 0.331 e. The average molecular weight is 333 g/mol. The van der Waals surface area contributed by atoms with Gasteiger partial charge in [0.15, 0.2) is 4.77 Å². The third kappa shape index (κ3) is 2.15. The number of rotatable bonds is 1. The second-order valence-electron chi connectivity index (χ2n) is 4.10. The number of para-hydroxylation sites is 1. The summed E-state index contributed by atoms with van der Waals surface area (Å²) in [6, 6.07) is 14.8. The van der Waals surface area contributed by atoms with Gasteiger partial charge in [0, 0.05) is 4.47 Å². The average Bonchev–Trinajstić information content (AvgIpc) is 2.39. The smallest absolute Gasteiger partial charge is 0.266 e. The van der Waals surface area contributed by atoms with Gasteiger partial charge in [-0.2, -0.15) is 0 Å². The van der Waals surface area contributed by atoms with Crippen LogP contribution >= 0.6 is 28.1 Å². The summed E-state index contributed by atoms with van der Waals surface area (Å²) in [5, 5.41) is 0.612. The Morgan fingerprint density at radius 3 is 2.58 bits per heavy atom. The molecule has 0 aliphatic rings. The van der Waals surface area contributed by atoms with Crippen LogP contribution < -0.4 is 5.56 Å². The zero-order valence-corrected chi connectivity index (χ0v) is 12.2. The van der Waals surface area contributed by atoms with E-state index in [0.717, 1.165) is 15.7 Å². The van der Waals surface area contributed by atoms with Crippen molar-refractivity contribution in [3.8, 4) is 5.69 Å². The van der Waals surface area contributed by atoms with Crippen molar-refractivity contribution in [1.29, 1.82) is 0 Å². The number of aromatic amines is 1. The molecule has 0 radical (unpaired) electrons. The zero-order chi connectivity index (χ0) is 13.4. The third-order valence-electron chi connectivity index (χ3n) is 2.87. The Hall–Kier alpha value is -1.72. The third-order valence-corrected chi connectivity index (χ3v) is 3.65. The van der Waals surface area contributed by atoms with Crippen molar-refractivity contribution in [1.82, 2.24) is 9.55 Å². The van der Waals surface area contributed by atoms with E-state index < -0.39 is 0 Å². The Morgan fingerprint density at radius 1 is 1.11 bits per heavy atom. The molecule has 0 saturated carbocycles. The van der Waals surface area contributed by atoms with Gasteiger partial charge in [0.2, 0.25) is 0 Å². The number of aromatic nitrogens is 2. The number of H-pyrrole nitrogens is 1. The van der Waals surface area contributed by atoms with Crippen LogP contribution in [-0.2, 0) is 0 Å². The molecule has 0 amide bonds. The standard InChI is InChI=1S/C14H9BrN2OS/c15-9-6-7-11-12(8-9)16-14(19)17(13(11)18)10-4-2-1-3-5-10/h1-8H,(H,16,19). The van der Waals surface area contributed by atoms with Gasteiger partial charge in [0.1, 0.15) is 0 Å². The maximum atomic E-state index is 12.5. The molecule has 3 rings (SSSR count). The summed E-state index contributed by atoms with van der Waals surface area (Å²) < 4.78 is 2.80. The van der Waals surface area contributed by atoms with Gasteiger partial charge in [-0.1, -0.05) is 34.1 Å². The van der Waals surface area contributed by atoms with E-state index in [1.807, 2.05) is 42.5 Å². The highest BCUT2D eigenvalue weighted by Gasteiger charge is 2.07. The number of fused-ring (bicyclic) bond motifs is 1. The summed E-state index contributed by atoms with van der Waals surface area (Å²) in [5.41, 5.74) is 1.38. The number of halogens is 1. The fourth-order valence-electron chi connectivity index (χ4n) is 2.00. The predicted octanol–water partition coefficient (Wildman–Crippen LogP) is 3.81. The van der Waals surface area contributed by atoms with E-state index in [2.05, 4.69) is 20.9 Å². The summed E-state index contributed by atoms with van der Waals surface area (Å²) in [7, 11) is 0. The van der Waals surface area contributed by atoms with Gasteiger partial charge in [-0.15, -0.1) is 0 Å². The summed E-state index contributed by atoms with van der Waals surface area (Å²) >= 11 is 8.67. The molecule has 2 aromatic carbocycles. The van der Waals surface area contributed by atoms with Crippen LogP contribution in [0.4, 0.5) is 0 Å². The summed E-state index contributed by atoms with van der Waals surface area (Å²) in [6.45, 7) is 0. The van der Waals surface area contributed by atoms with E-state index in [1.54, 1.807) is 6.07 Å². The van der Waals surface area contributed by atoms with E-state index in [0.29, 0.717) is 10.2 Å². The number of hydrogen-bond acceptors (Lipinski definition) is 2. The minimum absolute atomic E-state index is 0.113. The van der Waals surface area contributed by atoms with Gasteiger partial charge in [-0.05, 0) is 42.5 Å². The Morgan fingerprint density at radius 2 is 1.84 bits per heavy atom. The Balaban J connectivity index is 2.43. The molecule has 0 atom stereocenters. The SMILES string of the molecule is O=c1c2ccc(Br)cc2[nH]c(=S)n1-c1ccccc1. The normalized spacial score (nSPS) is 10.8. The van der Waals surface area contributed by atoms with Crippen molar-refractivity contribution in [3.63, 3.8) is 0 Å². The molecule has 3 aromatic rings. The monoisotopic (exact) mass is 332 g/mol. The van der Waals surface area contributed by atoms with Crippen molar-refractivity contribution >= 4 is 39.1 Å². The molecule has 1 heterocycles. The molecule has 0 bridgehead atoms. The van der Waals surface area contributed by atoms with Crippen LogP contribution in [0.2, 0.25) is 0 Å². The van der Waals surface area contributed by atoms with E-state index in [1.165, 1.54) is 4.57 Å². The molecule has 0 aliphatic carbocycles. The van der Waals surface area contributed by atoms with E-state index in [-0.39, 0.29) is 5.56 Å². The quantitative estimate of drug-likeness (QED) is 0.688. The first-order valence-corrected chi connectivity index (χ1v) is 6.87. The Labute approximate surface area is 122 Å². The second kappa shape index (κ2) is 4.75. The van der Waals surface area contributed by atoms with Crippen molar-refractivity contribution in [3.05, 3.63) is 68.1 Å². The van der Waals surface area contributed by atoms with Crippen LogP contribution in [0.1, 0.15) is 0 Å². The van der Waals surface area contributed by atoms with Crippen LogP contribution in [0, 0.1) is 4.77 Å². The van der Waals surface area contributed by atoms with E-state index >= 15 is 0 Å². The zero-order valence-electron chi connectivity index (χ0n) is 9.76. The molecule has 3 nitrogen and oxygen atoms in total. The van der Waals surface area contributed by atoms with Gasteiger partial charge < -0.3 is 4.98 Å². The van der Waals surface area contributed by atoms with E-state index in [4.69, 9.17) is 12.2 Å². The lowest BCUT2D eigenvalue weighted by Crippen LogP contribution is -2.20. The maximum Gasteiger partial charge on any atom is 0.266 e. The lowest BCUT2D eigenvalue weighted by molar-refractivity contribution is 0.940. The minimum Gasteiger partial charge on any atom is -0.331 e. The molecule has 5 heteroatoms. The molecule has 0 aliphatic heterocycles. The number of benzene rings is 2. The van der Waals surface area contributed by atoms with Crippen LogP contribution in [0.15, 0.2) is 57.8 Å². The highest BCUT2D eigenvalue weighted by Crippen LogP contribution is 2.16. The maximum absolute atomic E-state index is 12.5. The van der Waals surface area contributed by atoms with Crippen molar-refractivity contribution < 1.29 is 0 Å². The van der Waals surface area contributed by atoms with Gasteiger partial charge in [0.05, 0.1) is 16.6 Å². The first kappa shape index (κ1) is 12.3. The van der Waals surface area contributed by atoms with Gasteiger partial charge >= 0.3 is 0 Å². The fraction of sp³-hybridized carbons (Fsp3) is 0. The van der Waals surface area contributed by atoms with Crippen LogP contribution in [0.5, 0.6) is 0 Å². The summed E-state index contributed by atoms with van der Waals surface area (Å²) in [6.07, 6.45) is 0. The Kier molecular flexibility index (Phi) is 3.08. The first-order valence-electron chi connectivity index (χ1n) is 5.67. The van der Waals surface area contributed by atoms with Gasteiger partial charge in [0.25, 0.3) is 5.56 Å². The first-order chi connectivity index (χ1) is 9.16. The van der Waals surface area contributed by atoms with Gasteiger partial charge in [-0.3, -0.25) is 9.36 Å². The molecule has 1 N–H and O–H groups in total. The highest BCUT2D eigenvalue weighted by atomic mass is 79.9. The summed E-state index contributed by atoms with van der Waals surface area (Å²) in [5.74, 6) is 0. The minimum atomic E-state index is -0.113. The molecule has 1 aromatic heterocycles. The van der Waals surface area contributed by atoms with Gasteiger partial charge in [-0.25, -0.2) is 0 Å². The van der Waals surface area contributed by atoms with Crippen molar-refractivity contribution in [2.75, 3.05) is 0 Å². The molecule has 0 saturated heterocycles. The highest BCUT2D eigenvalue weighted by molar-refractivity contribution is 9.10. The number of nitrogens with one attached hydrogen (secondary N) is 1. The summed E-state index contributed by atoms with van der Waals surface area (Å²) in [4.78, 5) is 15.6. The topological polar surface area (TPSA) is 37.8 Å². The number of hydrogen-bond donors (Lipinski definition) is 1. The van der Waals surface area contributed by atoms with Crippen molar-refractivity contribution in [2.24, 2.45) is 0 Å². The molecule has 94 valence electrons. The number of nitrogens with zero attached hydrogens (tertiary/aromatic N) is 1. The van der Waals surface area contributed by atoms with Crippen LogP contribution in [0.3, 0.4) is 0 Å². The van der Waals surface area contributed by atoms with Crippen LogP contribution in [-0.4, -0.2) is 9.55 Å². The molecule has 0 fully saturated rings. The van der Waals surface area contributed by atoms with Crippen molar-refractivity contribution in [2.45, 2.75) is 0 Å². The fourth-order valence-corrected chi connectivity index (χ4v) is 2.66.